The second-order valence-corrected chi connectivity index (χ2v) is 16.4. The van der Waals surface area contributed by atoms with E-state index in [4.69, 9.17) is 14.4 Å². The van der Waals surface area contributed by atoms with Crippen molar-refractivity contribution in [1.82, 2.24) is 9.97 Å². The number of hydrogen-bond acceptors (Lipinski definition) is 5. The molecule has 0 aliphatic carbocycles. The van der Waals surface area contributed by atoms with E-state index in [0.717, 1.165) is 72.3 Å². The first-order valence-corrected chi connectivity index (χ1v) is 21.1. The van der Waals surface area contributed by atoms with Crippen LogP contribution in [0.5, 0.6) is 0 Å². The summed E-state index contributed by atoms with van der Waals surface area (Å²) in [6, 6.07) is 70.7. The molecule has 0 saturated heterocycles. The Balaban J connectivity index is 0.975. The van der Waals surface area contributed by atoms with Gasteiger partial charge >= 0.3 is 0 Å². The van der Waals surface area contributed by atoms with E-state index in [-0.39, 0.29) is 6.04 Å². The van der Waals surface area contributed by atoms with E-state index >= 15 is 0 Å². The Morgan fingerprint density at radius 2 is 1.08 bits per heavy atom. The van der Waals surface area contributed by atoms with Gasteiger partial charge in [-0.1, -0.05) is 170 Å². The summed E-state index contributed by atoms with van der Waals surface area (Å²) in [5.41, 5.74) is 16.1. The van der Waals surface area contributed by atoms with Gasteiger partial charge in [0.05, 0.1) is 17.4 Å². The molecular formula is C55H35N3OS. The number of aromatic nitrogens is 2. The van der Waals surface area contributed by atoms with Gasteiger partial charge in [-0.15, -0.1) is 11.3 Å². The van der Waals surface area contributed by atoms with E-state index < -0.39 is 0 Å². The molecule has 60 heavy (non-hydrogen) atoms. The van der Waals surface area contributed by atoms with Crippen LogP contribution in [0.25, 0.3) is 98.6 Å². The molecule has 1 unspecified atom stereocenters. The lowest BCUT2D eigenvalue weighted by Crippen LogP contribution is -2.17. The number of para-hydroxylation sites is 2. The molecule has 4 nitrogen and oxygen atoms in total. The summed E-state index contributed by atoms with van der Waals surface area (Å²) in [6.45, 7) is 0. The largest absolute Gasteiger partial charge is 0.456 e. The van der Waals surface area contributed by atoms with Crippen LogP contribution in [-0.2, 0) is 0 Å². The van der Waals surface area contributed by atoms with Gasteiger partial charge < -0.3 is 9.73 Å². The topological polar surface area (TPSA) is 51.0 Å². The number of fused-ring (bicyclic) bond motifs is 8. The maximum absolute atomic E-state index is 6.48. The molecule has 11 aromatic rings. The molecule has 8 aromatic carbocycles. The number of rotatable bonds is 6. The van der Waals surface area contributed by atoms with Gasteiger partial charge in [0.25, 0.3) is 0 Å². The highest BCUT2D eigenvalue weighted by molar-refractivity contribution is 7.22. The second-order valence-electron chi connectivity index (χ2n) is 15.3. The molecule has 0 amide bonds. The predicted octanol–water partition coefficient (Wildman–Crippen LogP) is 15.1. The molecule has 0 spiro atoms. The zero-order valence-electron chi connectivity index (χ0n) is 32.3. The second kappa shape index (κ2) is 14.0. The third-order valence-corrected chi connectivity index (χ3v) is 13.0. The normalized spacial score (nSPS) is 13.3. The van der Waals surface area contributed by atoms with E-state index in [1.165, 1.54) is 37.3 Å². The number of nitrogens with one attached hydrogen (secondary N) is 1. The first kappa shape index (κ1) is 34.4. The molecule has 3 aromatic heterocycles. The molecule has 5 heteroatoms. The number of furan rings is 1. The summed E-state index contributed by atoms with van der Waals surface area (Å²) in [5.74, 6) is 0.689. The lowest BCUT2D eigenvalue weighted by Gasteiger charge is -2.28. The summed E-state index contributed by atoms with van der Waals surface area (Å²) in [5, 5.41) is 7.44. The van der Waals surface area contributed by atoms with Gasteiger partial charge in [0.1, 0.15) is 11.2 Å². The lowest BCUT2D eigenvalue weighted by molar-refractivity contribution is 0.669. The molecule has 1 N–H and O–H groups in total. The van der Waals surface area contributed by atoms with E-state index in [1.54, 1.807) is 0 Å². The molecule has 12 rings (SSSR count). The Bertz CT molecular complexity index is 3330. The number of nitrogens with zero attached hydrogens (tertiary/aromatic N) is 2. The fourth-order valence-corrected chi connectivity index (χ4v) is 10.2. The Morgan fingerprint density at radius 1 is 0.467 bits per heavy atom. The summed E-state index contributed by atoms with van der Waals surface area (Å²) in [7, 11) is 0. The maximum Gasteiger partial charge on any atom is 0.160 e. The Morgan fingerprint density at radius 3 is 1.83 bits per heavy atom. The fraction of sp³-hybridized carbons (Fsp3) is 0.0182. The van der Waals surface area contributed by atoms with Gasteiger partial charge in [0.2, 0.25) is 0 Å². The monoisotopic (exact) mass is 785 g/mol. The third kappa shape index (κ3) is 5.74. The SMILES string of the molecule is c1ccc(-c2cc(-c3ccccc3)nc(-c3ccc(-c4ccc5oc6ccccc6c5c4-c4ccc(C5Nc6ccccc6-c6sc7ccccc7c65)cc4)cc3)n2)cc1. The van der Waals surface area contributed by atoms with Gasteiger partial charge in [-0.3, -0.25) is 0 Å². The first-order valence-electron chi connectivity index (χ1n) is 20.3. The third-order valence-electron chi connectivity index (χ3n) is 11.8. The molecule has 1 aliphatic rings. The van der Waals surface area contributed by atoms with Crippen molar-refractivity contribution in [1.29, 1.82) is 0 Å². The molecule has 282 valence electrons. The Labute approximate surface area is 351 Å². The molecular weight excluding hydrogens is 751 g/mol. The molecule has 0 radical (unpaired) electrons. The van der Waals surface area contributed by atoms with Crippen molar-refractivity contribution in [3.05, 3.63) is 211 Å². The van der Waals surface area contributed by atoms with Crippen molar-refractivity contribution in [2.75, 3.05) is 5.32 Å². The van der Waals surface area contributed by atoms with Crippen LogP contribution in [0, 0.1) is 0 Å². The highest BCUT2D eigenvalue weighted by Gasteiger charge is 2.29. The average molecular weight is 786 g/mol. The molecule has 4 heterocycles. The van der Waals surface area contributed by atoms with Crippen LogP contribution in [-0.4, -0.2) is 9.97 Å². The quantitative estimate of drug-likeness (QED) is 0.182. The van der Waals surface area contributed by atoms with Crippen molar-refractivity contribution in [2.45, 2.75) is 6.04 Å². The number of benzene rings is 8. The highest BCUT2D eigenvalue weighted by Crippen LogP contribution is 2.51. The van der Waals surface area contributed by atoms with Crippen molar-refractivity contribution in [3.8, 4) is 66.6 Å². The van der Waals surface area contributed by atoms with Crippen molar-refractivity contribution in [2.24, 2.45) is 0 Å². The standard InChI is InChI=1S/C55H35N3OS/c1-3-13-35(14-4-1)45-33-46(36-15-5-2-6-16-36)58-55(57-45)39-29-23-34(24-30-39)40-31-32-48-51(42-18-8-11-21-47(42)59-48)50(40)37-25-27-38(28-26-37)53-52-43-19-9-12-22-49(43)60-54(52)41-17-7-10-20-44(41)56-53/h1-33,53,56H. The summed E-state index contributed by atoms with van der Waals surface area (Å²) < 4.78 is 7.78. The van der Waals surface area contributed by atoms with Crippen LogP contribution in [0.1, 0.15) is 17.2 Å². The summed E-state index contributed by atoms with van der Waals surface area (Å²) >= 11 is 1.88. The summed E-state index contributed by atoms with van der Waals surface area (Å²) in [4.78, 5) is 11.5. The molecule has 0 fully saturated rings. The molecule has 1 atom stereocenters. The molecule has 0 bridgehead atoms. The molecule has 0 saturated carbocycles. The Hall–Kier alpha value is -7.60. The van der Waals surface area contributed by atoms with Gasteiger partial charge in [0.15, 0.2) is 5.82 Å². The summed E-state index contributed by atoms with van der Waals surface area (Å²) in [6.07, 6.45) is 0. The smallest absolute Gasteiger partial charge is 0.160 e. The van der Waals surface area contributed by atoms with Crippen molar-refractivity contribution in [3.63, 3.8) is 0 Å². The highest BCUT2D eigenvalue weighted by atomic mass is 32.1. The van der Waals surface area contributed by atoms with Gasteiger partial charge in [0, 0.05) is 59.4 Å². The average Bonchev–Trinajstić information content (AvgIpc) is 3.91. The van der Waals surface area contributed by atoms with E-state index in [2.05, 4.69) is 163 Å². The predicted molar refractivity (Wildman–Crippen MR) is 249 cm³/mol. The van der Waals surface area contributed by atoms with Gasteiger partial charge in [-0.05, 0) is 58.0 Å². The minimum atomic E-state index is 0.0164. The van der Waals surface area contributed by atoms with Gasteiger partial charge in [-0.25, -0.2) is 9.97 Å². The number of anilines is 1. The Kier molecular flexibility index (Phi) is 8.06. The van der Waals surface area contributed by atoms with E-state index in [9.17, 15) is 0 Å². The first-order chi connectivity index (χ1) is 29.7. The van der Waals surface area contributed by atoms with Crippen LogP contribution in [0.4, 0.5) is 5.69 Å². The number of hydrogen-bond donors (Lipinski definition) is 1. The zero-order valence-corrected chi connectivity index (χ0v) is 33.2. The van der Waals surface area contributed by atoms with Crippen LogP contribution in [0.15, 0.2) is 205 Å². The van der Waals surface area contributed by atoms with Crippen LogP contribution in [0.2, 0.25) is 0 Å². The fourth-order valence-electron chi connectivity index (χ4n) is 8.92. The minimum Gasteiger partial charge on any atom is -0.456 e. The minimum absolute atomic E-state index is 0.0164. The van der Waals surface area contributed by atoms with Crippen molar-refractivity contribution < 1.29 is 4.42 Å². The van der Waals surface area contributed by atoms with Crippen LogP contribution >= 0.6 is 11.3 Å². The number of thiophene rings is 1. The van der Waals surface area contributed by atoms with Crippen molar-refractivity contribution >= 4 is 49.0 Å². The van der Waals surface area contributed by atoms with E-state index in [0.29, 0.717) is 5.82 Å². The maximum atomic E-state index is 6.48. The molecule has 1 aliphatic heterocycles. The van der Waals surface area contributed by atoms with Gasteiger partial charge in [-0.2, -0.15) is 0 Å². The lowest BCUT2D eigenvalue weighted by atomic mass is 9.87. The van der Waals surface area contributed by atoms with Crippen LogP contribution < -0.4 is 5.32 Å². The zero-order chi connectivity index (χ0) is 39.6. The van der Waals surface area contributed by atoms with E-state index in [1.807, 2.05) is 53.8 Å². The van der Waals surface area contributed by atoms with Crippen LogP contribution in [0.3, 0.4) is 0 Å².